The van der Waals surface area contributed by atoms with Gasteiger partial charge in [-0.05, 0) is 43.4 Å². The minimum Gasteiger partial charge on any atom is -0.481 e. The maximum atomic E-state index is 11.4. The highest BCUT2D eigenvalue weighted by atomic mass is 16.4. The summed E-state index contributed by atoms with van der Waals surface area (Å²) in [5.41, 5.74) is 1.92. The number of nitrogens with zero attached hydrogens (tertiary/aromatic N) is 3. The maximum absolute atomic E-state index is 11.4. The Labute approximate surface area is 111 Å². The van der Waals surface area contributed by atoms with Gasteiger partial charge in [0.25, 0.3) is 0 Å². The second-order valence-corrected chi connectivity index (χ2v) is 5.62. The van der Waals surface area contributed by atoms with Gasteiger partial charge in [-0.2, -0.15) is 0 Å². The van der Waals surface area contributed by atoms with Crippen molar-refractivity contribution >= 4 is 11.6 Å². The van der Waals surface area contributed by atoms with Crippen molar-refractivity contribution in [3.8, 4) is 0 Å². The highest BCUT2D eigenvalue weighted by Crippen LogP contribution is 2.42. The van der Waals surface area contributed by atoms with Gasteiger partial charge in [0.15, 0.2) is 5.65 Å². The van der Waals surface area contributed by atoms with Crippen LogP contribution in [-0.4, -0.2) is 25.7 Å². The second kappa shape index (κ2) is 4.33. The molecule has 19 heavy (non-hydrogen) atoms. The Balaban J connectivity index is 2.06. The highest BCUT2D eigenvalue weighted by molar-refractivity contribution is 5.71. The number of pyridine rings is 1. The molecule has 3 atom stereocenters. The SMILES string of the molecule is Cc1ccn2c(C3CC(C)CC3C(=O)O)nnc2c1. The number of aromatic nitrogens is 3. The molecule has 1 aliphatic carbocycles. The van der Waals surface area contributed by atoms with Gasteiger partial charge in [0, 0.05) is 12.1 Å². The molecule has 1 aliphatic rings. The molecule has 5 heteroatoms. The van der Waals surface area contributed by atoms with E-state index in [9.17, 15) is 9.90 Å². The van der Waals surface area contributed by atoms with Crippen LogP contribution in [-0.2, 0) is 4.79 Å². The van der Waals surface area contributed by atoms with Crippen LogP contribution in [0.15, 0.2) is 18.3 Å². The van der Waals surface area contributed by atoms with E-state index in [0.717, 1.165) is 29.9 Å². The molecule has 0 bridgehead atoms. The van der Waals surface area contributed by atoms with Crippen LogP contribution in [0.2, 0.25) is 0 Å². The summed E-state index contributed by atoms with van der Waals surface area (Å²) >= 11 is 0. The molecule has 0 saturated heterocycles. The summed E-state index contributed by atoms with van der Waals surface area (Å²) in [6, 6.07) is 3.96. The number of aryl methyl sites for hydroxylation is 1. The van der Waals surface area contributed by atoms with Gasteiger partial charge in [-0.3, -0.25) is 9.20 Å². The van der Waals surface area contributed by atoms with E-state index in [1.807, 2.05) is 29.7 Å². The van der Waals surface area contributed by atoms with Crippen LogP contribution in [0.25, 0.3) is 5.65 Å². The number of aliphatic carboxylic acids is 1. The highest BCUT2D eigenvalue weighted by Gasteiger charge is 2.40. The molecule has 5 nitrogen and oxygen atoms in total. The van der Waals surface area contributed by atoms with E-state index in [0.29, 0.717) is 5.92 Å². The molecule has 3 rings (SSSR count). The topological polar surface area (TPSA) is 67.5 Å². The van der Waals surface area contributed by atoms with E-state index in [1.165, 1.54) is 0 Å². The summed E-state index contributed by atoms with van der Waals surface area (Å²) in [5.74, 6) is 0.0998. The van der Waals surface area contributed by atoms with E-state index >= 15 is 0 Å². The summed E-state index contributed by atoms with van der Waals surface area (Å²) in [6.45, 7) is 4.11. The van der Waals surface area contributed by atoms with E-state index in [-0.39, 0.29) is 11.8 Å². The number of hydrogen-bond donors (Lipinski definition) is 1. The predicted molar refractivity (Wildman–Crippen MR) is 70.0 cm³/mol. The van der Waals surface area contributed by atoms with Gasteiger partial charge in [0.1, 0.15) is 5.82 Å². The van der Waals surface area contributed by atoms with Crippen LogP contribution in [0.5, 0.6) is 0 Å². The fourth-order valence-corrected chi connectivity index (χ4v) is 3.11. The number of rotatable bonds is 2. The zero-order chi connectivity index (χ0) is 13.6. The van der Waals surface area contributed by atoms with Crippen molar-refractivity contribution in [3.05, 3.63) is 29.7 Å². The monoisotopic (exact) mass is 259 g/mol. The Morgan fingerprint density at radius 1 is 1.42 bits per heavy atom. The molecule has 2 heterocycles. The van der Waals surface area contributed by atoms with E-state index in [4.69, 9.17) is 0 Å². The number of carbonyl (C=O) groups is 1. The molecule has 0 radical (unpaired) electrons. The quantitative estimate of drug-likeness (QED) is 0.898. The molecule has 0 aromatic carbocycles. The first-order chi connectivity index (χ1) is 9.06. The van der Waals surface area contributed by atoms with Crippen molar-refractivity contribution in [1.82, 2.24) is 14.6 Å². The van der Waals surface area contributed by atoms with Crippen molar-refractivity contribution in [2.24, 2.45) is 11.8 Å². The third kappa shape index (κ3) is 1.99. The minimum absolute atomic E-state index is 0.0368. The van der Waals surface area contributed by atoms with Gasteiger partial charge in [-0.25, -0.2) is 0 Å². The van der Waals surface area contributed by atoms with Crippen LogP contribution in [0, 0.1) is 18.8 Å². The van der Waals surface area contributed by atoms with Crippen LogP contribution < -0.4 is 0 Å². The average molecular weight is 259 g/mol. The summed E-state index contributed by atoms with van der Waals surface area (Å²) in [5, 5.41) is 17.8. The summed E-state index contributed by atoms with van der Waals surface area (Å²) < 4.78 is 1.92. The maximum Gasteiger partial charge on any atom is 0.307 e. The smallest absolute Gasteiger partial charge is 0.307 e. The summed E-state index contributed by atoms with van der Waals surface area (Å²) in [4.78, 5) is 11.4. The van der Waals surface area contributed by atoms with Crippen LogP contribution in [0.1, 0.15) is 37.1 Å². The third-order valence-corrected chi connectivity index (χ3v) is 4.04. The predicted octanol–water partition coefficient (Wildman–Crippen LogP) is 2.25. The second-order valence-electron chi connectivity index (χ2n) is 5.62. The van der Waals surface area contributed by atoms with Crippen molar-refractivity contribution in [2.45, 2.75) is 32.6 Å². The molecular formula is C14H17N3O2. The van der Waals surface area contributed by atoms with Gasteiger partial charge in [-0.1, -0.05) is 6.92 Å². The number of carboxylic acid groups (broad SMARTS) is 1. The lowest BCUT2D eigenvalue weighted by Gasteiger charge is -2.13. The van der Waals surface area contributed by atoms with Gasteiger partial charge >= 0.3 is 5.97 Å². The Hall–Kier alpha value is -1.91. The first kappa shape index (κ1) is 12.1. The van der Waals surface area contributed by atoms with Crippen molar-refractivity contribution in [3.63, 3.8) is 0 Å². The standard InChI is InChI=1S/C14H17N3O2/c1-8-3-4-17-12(7-8)15-16-13(17)10-5-9(2)6-11(10)14(18)19/h3-4,7,9-11H,5-6H2,1-2H3,(H,18,19). The number of fused-ring (bicyclic) bond motifs is 1. The van der Waals surface area contributed by atoms with Gasteiger partial charge in [0.2, 0.25) is 0 Å². The Morgan fingerprint density at radius 2 is 2.21 bits per heavy atom. The lowest BCUT2D eigenvalue weighted by Crippen LogP contribution is -2.18. The first-order valence-corrected chi connectivity index (χ1v) is 6.60. The molecule has 0 aliphatic heterocycles. The lowest BCUT2D eigenvalue weighted by molar-refractivity contribution is -0.142. The van der Waals surface area contributed by atoms with E-state index in [1.54, 1.807) is 0 Å². The first-order valence-electron chi connectivity index (χ1n) is 6.60. The Morgan fingerprint density at radius 3 is 2.95 bits per heavy atom. The summed E-state index contributed by atoms with van der Waals surface area (Å²) in [7, 11) is 0. The van der Waals surface area contributed by atoms with E-state index in [2.05, 4.69) is 17.1 Å². The minimum atomic E-state index is -0.724. The lowest BCUT2D eigenvalue weighted by atomic mass is 9.95. The molecule has 1 N–H and O–H groups in total. The molecule has 3 unspecified atom stereocenters. The fourth-order valence-electron chi connectivity index (χ4n) is 3.11. The fraction of sp³-hybridized carbons (Fsp3) is 0.500. The van der Waals surface area contributed by atoms with Crippen LogP contribution in [0.3, 0.4) is 0 Å². The zero-order valence-corrected chi connectivity index (χ0v) is 11.1. The molecule has 0 spiro atoms. The number of hydrogen-bond acceptors (Lipinski definition) is 3. The Bertz CT molecular complexity index is 635. The molecule has 1 saturated carbocycles. The zero-order valence-electron chi connectivity index (χ0n) is 11.1. The van der Waals surface area contributed by atoms with Crippen molar-refractivity contribution in [1.29, 1.82) is 0 Å². The average Bonchev–Trinajstić information content (AvgIpc) is 2.91. The number of carboxylic acids is 1. The molecular weight excluding hydrogens is 242 g/mol. The normalized spacial score (nSPS) is 26.9. The van der Waals surface area contributed by atoms with Crippen molar-refractivity contribution in [2.75, 3.05) is 0 Å². The molecule has 100 valence electrons. The molecule has 2 aromatic rings. The largest absolute Gasteiger partial charge is 0.481 e. The Kier molecular flexibility index (Phi) is 2.77. The molecule has 0 amide bonds. The molecule has 2 aromatic heterocycles. The third-order valence-electron chi connectivity index (χ3n) is 4.04. The van der Waals surface area contributed by atoms with E-state index < -0.39 is 5.97 Å². The van der Waals surface area contributed by atoms with Gasteiger partial charge in [0.05, 0.1) is 5.92 Å². The van der Waals surface area contributed by atoms with Crippen LogP contribution in [0.4, 0.5) is 0 Å². The van der Waals surface area contributed by atoms with Gasteiger partial charge in [-0.15, -0.1) is 10.2 Å². The molecule has 1 fully saturated rings. The van der Waals surface area contributed by atoms with Crippen molar-refractivity contribution < 1.29 is 9.90 Å². The van der Waals surface area contributed by atoms with Gasteiger partial charge < -0.3 is 5.11 Å². The summed E-state index contributed by atoms with van der Waals surface area (Å²) in [6.07, 6.45) is 3.52. The van der Waals surface area contributed by atoms with Crippen LogP contribution >= 0.6 is 0 Å².